The first-order valence-electron chi connectivity index (χ1n) is 6.20. The third-order valence-electron chi connectivity index (χ3n) is 3.29. The van der Waals surface area contributed by atoms with Crippen LogP contribution < -0.4 is 5.32 Å². The van der Waals surface area contributed by atoms with E-state index < -0.39 is 0 Å². The molecule has 1 aliphatic heterocycles. The van der Waals surface area contributed by atoms with Gasteiger partial charge in [-0.25, -0.2) is 0 Å². The van der Waals surface area contributed by atoms with Crippen LogP contribution in [0.1, 0.15) is 38.3 Å². The molecule has 1 aromatic heterocycles. The first-order valence-corrected chi connectivity index (χ1v) is 7.14. The predicted octanol–water partition coefficient (Wildman–Crippen LogP) is 3.21. The Balaban J connectivity index is 2.08. The van der Waals surface area contributed by atoms with E-state index >= 15 is 0 Å². The topological polar surface area (TPSA) is 21.3 Å². The summed E-state index contributed by atoms with van der Waals surface area (Å²) in [5, 5.41) is 8.01. The van der Waals surface area contributed by atoms with E-state index in [1.807, 2.05) is 0 Å². The highest BCUT2D eigenvalue weighted by atomic mass is 32.1. The average Bonchev–Trinajstić information content (AvgIpc) is 2.91. The number of hydrogen-bond donors (Lipinski definition) is 1. The van der Waals surface area contributed by atoms with Crippen LogP contribution in [0.4, 0.5) is 0 Å². The first-order chi connectivity index (χ1) is 7.83. The first kappa shape index (κ1) is 12.1. The van der Waals surface area contributed by atoms with Gasteiger partial charge in [0.15, 0.2) is 0 Å². The van der Waals surface area contributed by atoms with Crippen LogP contribution in [-0.4, -0.2) is 19.3 Å². The zero-order valence-electron chi connectivity index (χ0n) is 10.1. The number of thiophene rings is 1. The largest absolute Gasteiger partial charge is 0.376 e. The molecule has 0 bridgehead atoms. The fourth-order valence-electron chi connectivity index (χ4n) is 2.32. The summed E-state index contributed by atoms with van der Waals surface area (Å²) >= 11 is 1.77. The monoisotopic (exact) mass is 239 g/mol. The Labute approximate surface area is 102 Å². The molecule has 0 saturated carbocycles. The Bertz CT molecular complexity index is 299. The quantitative estimate of drug-likeness (QED) is 0.852. The second-order valence-corrected chi connectivity index (χ2v) is 5.37. The molecule has 1 fully saturated rings. The maximum Gasteiger partial charge on any atom is 0.0796 e. The SMILES string of the molecule is CCCNC(c1ccsc1)C1OCCC1C. The minimum atomic E-state index is 0.348. The highest BCUT2D eigenvalue weighted by Crippen LogP contribution is 2.32. The van der Waals surface area contributed by atoms with Gasteiger partial charge in [0.05, 0.1) is 12.1 Å². The smallest absolute Gasteiger partial charge is 0.0796 e. The van der Waals surface area contributed by atoms with Gasteiger partial charge >= 0.3 is 0 Å². The lowest BCUT2D eigenvalue weighted by Crippen LogP contribution is -2.34. The van der Waals surface area contributed by atoms with Gasteiger partial charge in [-0.2, -0.15) is 11.3 Å². The summed E-state index contributed by atoms with van der Waals surface area (Å²) < 4.78 is 5.89. The van der Waals surface area contributed by atoms with Gasteiger partial charge in [-0.3, -0.25) is 0 Å². The fraction of sp³-hybridized carbons (Fsp3) is 0.692. The minimum absolute atomic E-state index is 0.348. The van der Waals surface area contributed by atoms with E-state index in [0.29, 0.717) is 18.1 Å². The standard InChI is InChI=1S/C13H21NOS/c1-3-6-14-12(11-5-8-16-9-11)13-10(2)4-7-15-13/h5,8-10,12-14H,3-4,6-7H2,1-2H3. The molecule has 2 heterocycles. The number of rotatable bonds is 5. The maximum atomic E-state index is 5.89. The highest BCUT2D eigenvalue weighted by molar-refractivity contribution is 7.07. The van der Waals surface area contributed by atoms with Gasteiger partial charge in [-0.1, -0.05) is 13.8 Å². The normalized spacial score (nSPS) is 27.1. The van der Waals surface area contributed by atoms with Crippen LogP contribution in [0.2, 0.25) is 0 Å². The molecule has 1 N–H and O–H groups in total. The summed E-state index contributed by atoms with van der Waals surface area (Å²) in [5.74, 6) is 0.661. The summed E-state index contributed by atoms with van der Waals surface area (Å²) in [6.45, 7) is 6.48. The third kappa shape index (κ3) is 2.65. The van der Waals surface area contributed by atoms with Crippen molar-refractivity contribution >= 4 is 11.3 Å². The number of ether oxygens (including phenoxy) is 1. The molecular formula is C13H21NOS. The van der Waals surface area contributed by atoms with Gasteiger partial charge in [-0.05, 0) is 47.7 Å². The molecule has 1 aromatic rings. The van der Waals surface area contributed by atoms with Gasteiger partial charge in [0, 0.05) is 6.61 Å². The lowest BCUT2D eigenvalue weighted by molar-refractivity contribution is 0.0608. The molecule has 3 atom stereocenters. The van der Waals surface area contributed by atoms with Crippen molar-refractivity contribution in [3.05, 3.63) is 22.4 Å². The average molecular weight is 239 g/mol. The Morgan fingerprint density at radius 2 is 2.50 bits per heavy atom. The molecule has 2 nitrogen and oxygen atoms in total. The van der Waals surface area contributed by atoms with Crippen LogP contribution in [0.5, 0.6) is 0 Å². The molecule has 1 aliphatic rings. The van der Waals surface area contributed by atoms with E-state index in [2.05, 4.69) is 36.0 Å². The molecule has 0 amide bonds. The summed E-state index contributed by atoms with van der Waals surface area (Å²) in [5.41, 5.74) is 1.39. The summed E-state index contributed by atoms with van der Waals surface area (Å²) in [4.78, 5) is 0. The van der Waals surface area contributed by atoms with Crippen LogP contribution in [0.3, 0.4) is 0 Å². The summed E-state index contributed by atoms with van der Waals surface area (Å²) in [6.07, 6.45) is 2.71. The number of hydrogen-bond acceptors (Lipinski definition) is 3. The van der Waals surface area contributed by atoms with Crippen LogP contribution in [0.15, 0.2) is 16.8 Å². The maximum absolute atomic E-state index is 5.89. The molecule has 0 aromatic carbocycles. The van der Waals surface area contributed by atoms with Gasteiger partial charge < -0.3 is 10.1 Å². The predicted molar refractivity (Wildman–Crippen MR) is 68.9 cm³/mol. The minimum Gasteiger partial charge on any atom is -0.376 e. The lowest BCUT2D eigenvalue weighted by Gasteiger charge is -2.26. The Morgan fingerprint density at radius 3 is 3.06 bits per heavy atom. The third-order valence-corrected chi connectivity index (χ3v) is 3.99. The molecule has 90 valence electrons. The van der Waals surface area contributed by atoms with E-state index in [-0.39, 0.29) is 0 Å². The van der Waals surface area contributed by atoms with E-state index in [0.717, 1.165) is 13.2 Å². The van der Waals surface area contributed by atoms with Crippen LogP contribution in [0, 0.1) is 5.92 Å². The molecule has 3 unspecified atom stereocenters. The van der Waals surface area contributed by atoms with Crippen molar-refractivity contribution in [2.45, 2.75) is 38.8 Å². The lowest BCUT2D eigenvalue weighted by atomic mass is 9.94. The van der Waals surface area contributed by atoms with Crippen molar-refractivity contribution in [2.24, 2.45) is 5.92 Å². The van der Waals surface area contributed by atoms with E-state index in [4.69, 9.17) is 4.74 Å². The van der Waals surface area contributed by atoms with Gasteiger partial charge in [0.2, 0.25) is 0 Å². The van der Waals surface area contributed by atoms with Gasteiger partial charge in [0.1, 0.15) is 0 Å². The molecule has 1 saturated heterocycles. The Morgan fingerprint density at radius 1 is 1.62 bits per heavy atom. The highest BCUT2D eigenvalue weighted by Gasteiger charge is 2.32. The molecule has 16 heavy (non-hydrogen) atoms. The van der Waals surface area contributed by atoms with E-state index in [9.17, 15) is 0 Å². The molecule has 0 spiro atoms. The Kier molecular flexibility index (Phi) is 4.38. The molecule has 3 heteroatoms. The van der Waals surface area contributed by atoms with E-state index in [1.165, 1.54) is 18.4 Å². The second kappa shape index (κ2) is 5.80. The van der Waals surface area contributed by atoms with Crippen LogP contribution in [0.25, 0.3) is 0 Å². The van der Waals surface area contributed by atoms with Crippen molar-refractivity contribution in [2.75, 3.05) is 13.2 Å². The van der Waals surface area contributed by atoms with Crippen LogP contribution >= 0.6 is 11.3 Å². The number of nitrogens with one attached hydrogen (secondary N) is 1. The Hall–Kier alpha value is -0.380. The van der Waals surface area contributed by atoms with Crippen molar-refractivity contribution in [1.29, 1.82) is 0 Å². The van der Waals surface area contributed by atoms with Crippen molar-refractivity contribution in [1.82, 2.24) is 5.32 Å². The summed E-state index contributed by atoms with van der Waals surface area (Å²) in [6, 6.07) is 2.59. The molecule has 0 aliphatic carbocycles. The second-order valence-electron chi connectivity index (χ2n) is 4.59. The van der Waals surface area contributed by atoms with E-state index in [1.54, 1.807) is 11.3 Å². The van der Waals surface area contributed by atoms with Gasteiger partial charge in [0.25, 0.3) is 0 Å². The van der Waals surface area contributed by atoms with Crippen LogP contribution in [-0.2, 0) is 4.74 Å². The molecular weight excluding hydrogens is 218 g/mol. The van der Waals surface area contributed by atoms with Crippen molar-refractivity contribution in [3.63, 3.8) is 0 Å². The van der Waals surface area contributed by atoms with Crippen molar-refractivity contribution < 1.29 is 4.74 Å². The van der Waals surface area contributed by atoms with Gasteiger partial charge in [-0.15, -0.1) is 0 Å². The molecule has 2 rings (SSSR count). The zero-order chi connectivity index (χ0) is 11.4. The summed E-state index contributed by atoms with van der Waals surface area (Å²) in [7, 11) is 0. The van der Waals surface area contributed by atoms with Crippen molar-refractivity contribution in [3.8, 4) is 0 Å². The fourth-order valence-corrected chi connectivity index (χ4v) is 3.02. The zero-order valence-corrected chi connectivity index (χ0v) is 10.9. The molecule has 0 radical (unpaired) electrons.